The molecule has 132 valence electrons. The van der Waals surface area contributed by atoms with Gasteiger partial charge >= 0.3 is 5.97 Å². The molecule has 0 aliphatic carbocycles. The van der Waals surface area contributed by atoms with E-state index in [1.807, 2.05) is 0 Å². The van der Waals surface area contributed by atoms with Crippen LogP contribution in [-0.4, -0.2) is 28.1 Å². The van der Waals surface area contributed by atoms with Crippen LogP contribution in [0.5, 0.6) is 0 Å². The lowest BCUT2D eigenvalue weighted by Gasteiger charge is -2.05. The molecule has 0 aliphatic heterocycles. The van der Waals surface area contributed by atoms with E-state index in [1.54, 1.807) is 37.3 Å². The van der Waals surface area contributed by atoms with Crippen molar-refractivity contribution in [3.8, 4) is 5.69 Å². The summed E-state index contributed by atoms with van der Waals surface area (Å²) in [5.74, 6) is -1.46. The Kier molecular flexibility index (Phi) is 5.14. The zero-order chi connectivity index (χ0) is 18.7. The number of halogens is 2. The molecule has 3 aromatic rings. The van der Waals surface area contributed by atoms with Crippen LogP contribution < -0.4 is 0 Å². The van der Waals surface area contributed by atoms with E-state index in [-0.39, 0.29) is 16.5 Å². The molecule has 0 N–H and O–H groups in total. The first-order valence-corrected chi connectivity index (χ1v) is 8.11. The second-order valence-electron chi connectivity index (χ2n) is 5.50. The van der Waals surface area contributed by atoms with Gasteiger partial charge in [-0.05, 0) is 31.2 Å². The Labute approximate surface area is 154 Å². The standard InChI is InChI=1S/C19H14ClFN2O3/c1-12-17(18(20)23(22-12)15-9-7-14(21)8-10-15)19(25)26-11-16(24)13-5-3-2-4-6-13/h2-10H,11H2,1H3. The molecule has 1 aromatic heterocycles. The predicted octanol–water partition coefficient (Wildman–Crippen LogP) is 4.01. The topological polar surface area (TPSA) is 61.2 Å². The van der Waals surface area contributed by atoms with Crippen molar-refractivity contribution in [1.82, 2.24) is 9.78 Å². The van der Waals surface area contributed by atoms with Gasteiger partial charge in [0.2, 0.25) is 0 Å². The molecule has 26 heavy (non-hydrogen) atoms. The normalized spacial score (nSPS) is 10.6. The molecule has 5 nitrogen and oxygen atoms in total. The van der Waals surface area contributed by atoms with E-state index < -0.39 is 18.4 Å². The van der Waals surface area contributed by atoms with Crippen molar-refractivity contribution in [2.45, 2.75) is 6.92 Å². The van der Waals surface area contributed by atoms with E-state index in [4.69, 9.17) is 16.3 Å². The number of rotatable bonds is 5. The molecule has 0 amide bonds. The number of benzene rings is 2. The highest BCUT2D eigenvalue weighted by Gasteiger charge is 2.23. The summed E-state index contributed by atoms with van der Waals surface area (Å²) in [4.78, 5) is 24.4. The van der Waals surface area contributed by atoms with E-state index in [1.165, 1.54) is 28.9 Å². The highest BCUT2D eigenvalue weighted by atomic mass is 35.5. The molecule has 0 fully saturated rings. The SMILES string of the molecule is Cc1nn(-c2ccc(F)cc2)c(Cl)c1C(=O)OCC(=O)c1ccccc1. The Morgan fingerprint density at radius 3 is 2.42 bits per heavy atom. The van der Waals surface area contributed by atoms with Crippen LogP contribution in [0.1, 0.15) is 26.4 Å². The summed E-state index contributed by atoms with van der Waals surface area (Å²) >= 11 is 6.25. The molecule has 0 aliphatic rings. The fraction of sp³-hybridized carbons (Fsp3) is 0.105. The summed E-state index contributed by atoms with van der Waals surface area (Å²) in [7, 11) is 0. The Morgan fingerprint density at radius 2 is 1.77 bits per heavy atom. The summed E-state index contributed by atoms with van der Waals surface area (Å²) in [6.45, 7) is 1.20. The third kappa shape index (κ3) is 3.65. The van der Waals surface area contributed by atoms with E-state index in [2.05, 4.69) is 5.10 Å². The fourth-order valence-electron chi connectivity index (χ4n) is 2.40. The lowest BCUT2D eigenvalue weighted by molar-refractivity contribution is 0.0474. The van der Waals surface area contributed by atoms with Gasteiger partial charge in [-0.1, -0.05) is 41.9 Å². The van der Waals surface area contributed by atoms with E-state index in [9.17, 15) is 14.0 Å². The first-order chi connectivity index (χ1) is 12.5. The molecule has 0 spiro atoms. The number of carbonyl (C=O) groups excluding carboxylic acids is 2. The molecule has 2 aromatic carbocycles. The minimum Gasteiger partial charge on any atom is -0.454 e. The molecule has 0 unspecified atom stereocenters. The second kappa shape index (κ2) is 7.49. The van der Waals surface area contributed by atoms with Gasteiger partial charge in [-0.2, -0.15) is 5.10 Å². The molecular weight excluding hydrogens is 359 g/mol. The Balaban J connectivity index is 1.77. The molecule has 0 bridgehead atoms. The van der Waals surface area contributed by atoms with Gasteiger partial charge in [0.25, 0.3) is 0 Å². The van der Waals surface area contributed by atoms with Gasteiger partial charge < -0.3 is 4.74 Å². The predicted molar refractivity (Wildman–Crippen MR) is 94.3 cm³/mol. The highest BCUT2D eigenvalue weighted by molar-refractivity contribution is 6.33. The first kappa shape index (κ1) is 17.8. The number of carbonyl (C=O) groups is 2. The maximum Gasteiger partial charge on any atom is 0.343 e. The Hall–Kier alpha value is -2.99. The number of hydrogen-bond donors (Lipinski definition) is 0. The maximum atomic E-state index is 13.1. The van der Waals surface area contributed by atoms with Gasteiger partial charge in [-0.15, -0.1) is 0 Å². The fourth-order valence-corrected chi connectivity index (χ4v) is 2.74. The Morgan fingerprint density at radius 1 is 1.12 bits per heavy atom. The first-order valence-electron chi connectivity index (χ1n) is 7.74. The van der Waals surface area contributed by atoms with E-state index in [0.717, 1.165) is 0 Å². The van der Waals surface area contributed by atoms with Crippen molar-refractivity contribution >= 4 is 23.4 Å². The molecule has 0 saturated heterocycles. The molecule has 0 radical (unpaired) electrons. The quantitative estimate of drug-likeness (QED) is 0.501. The summed E-state index contributed by atoms with van der Waals surface area (Å²) in [6.07, 6.45) is 0. The molecule has 3 rings (SSSR count). The van der Waals surface area contributed by atoms with Gasteiger partial charge in [0.1, 0.15) is 16.5 Å². The minimum atomic E-state index is -0.745. The van der Waals surface area contributed by atoms with Gasteiger partial charge in [0, 0.05) is 5.56 Å². The van der Waals surface area contributed by atoms with Crippen molar-refractivity contribution in [2.75, 3.05) is 6.61 Å². The molecule has 0 atom stereocenters. The molecule has 1 heterocycles. The lowest BCUT2D eigenvalue weighted by Crippen LogP contribution is -2.15. The lowest BCUT2D eigenvalue weighted by atomic mass is 10.1. The van der Waals surface area contributed by atoms with Crippen LogP contribution in [0.3, 0.4) is 0 Å². The smallest absolute Gasteiger partial charge is 0.343 e. The van der Waals surface area contributed by atoms with E-state index >= 15 is 0 Å². The van der Waals surface area contributed by atoms with Crippen molar-refractivity contribution in [2.24, 2.45) is 0 Å². The van der Waals surface area contributed by atoms with Crippen LogP contribution in [0.2, 0.25) is 5.15 Å². The Bertz CT molecular complexity index is 953. The summed E-state index contributed by atoms with van der Waals surface area (Å²) in [5.41, 5.74) is 1.36. The third-order valence-electron chi connectivity index (χ3n) is 3.71. The molecule has 0 saturated carbocycles. The number of ketones is 1. The van der Waals surface area contributed by atoms with Crippen LogP contribution in [0.15, 0.2) is 54.6 Å². The summed E-state index contributed by atoms with van der Waals surface area (Å²) in [5, 5.41) is 4.23. The van der Waals surface area contributed by atoms with Crippen LogP contribution in [-0.2, 0) is 4.74 Å². The number of hydrogen-bond acceptors (Lipinski definition) is 4. The van der Waals surface area contributed by atoms with Crippen molar-refractivity contribution < 1.29 is 18.7 Å². The van der Waals surface area contributed by atoms with Crippen molar-refractivity contribution in [3.05, 3.63) is 82.4 Å². The number of ether oxygens (including phenoxy) is 1. The summed E-state index contributed by atoms with van der Waals surface area (Å²) < 4.78 is 19.5. The number of nitrogens with zero attached hydrogens (tertiary/aromatic N) is 2. The van der Waals surface area contributed by atoms with Crippen LogP contribution in [0, 0.1) is 12.7 Å². The largest absolute Gasteiger partial charge is 0.454 e. The molecule has 7 heteroatoms. The number of aromatic nitrogens is 2. The number of aryl methyl sites for hydroxylation is 1. The number of Topliss-reactive ketones (excluding diaryl/α,β-unsaturated/α-hetero) is 1. The average Bonchev–Trinajstić information content (AvgIpc) is 2.95. The van der Waals surface area contributed by atoms with Crippen molar-refractivity contribution in [1.29, 1.82) is 0 Å². The zero-order valence-corrected chi connectivity index (χ0v) is 14.5. The number of esters is 1. The van der Waals surface area contributed by atoms with Crippen LogP contribution >= 0.6 is 11.6 Å². The van der Waals surface area contributed by atoms with Gasteiger partial charge in [0.15, 0.2) is 12.4 Å². The van der Waals surface area contributed by atoms with Crippen molar-refractivity contribution in [3.63, 3.8) is 0 Å². The van der Waals surface area contributed by atoms with Crippen LogP contribution in [0.4, 0.5) is 4.39 Å². The highest BCUT2D eigenvalue weighted by Crippen LogP contribution is 2.24. The van der Waals surface area contributed by atoms with Gasteiger partial charge in [-0.25, -0.2) is 13.9 Å². The second-order valence-corrected chi connectivity index (χ2v) is 5.86. The maximum absolute atomic E-state index is 13.1. The minimum absolute atomic E-state index is 0.0336. The third-order valence-corrected chi connectivity index (χ3v) is 4.06. The summed E-state index contributed by atoms with van der Waals surface area (Å²) in [6, 6.07) is 14.0. The van der Waals surface area contributed by atoms with Gasteiger partial charge in [0.05, 0.1) is 11.4 Å². The van der Waals surface area contributed by atoms with E-state index in [0.29, 0.717) is 16.9 Å². The van der Waals surface area contributed by atoms with Crippen LogP contribution in [0.25, 0.3) is 5.69 Å². The molecular formula is C19H14ClFN2O3. The zero-order valence-electron chi connectivity index (χ0n) is 13.8. The van der Waals surface area contributed by atoms with Gasteiger partial charge in [-0.3, -0.25) is 4.79 Å². The monoisotopic (exact) mass is 372 g/mol. The average molecular weight is 373 g/mol.